The number of imidazole rings is 1. The van der Waals surface area contributed by atoms with Crippen LogP contribution in [-0.4, -0.2) is 15.3 Å². The minimum Gasteiger partial charge on any atom is -0.335 e. The molecule has 1 heterocycles. The van der Waals surface area contributed by atoms with Gasteiger partial charge < -0.3 is 4.57 Å². The van der Waals surface area contributed by atoms with Crippen LogP contribution in [0.2, 0.25) is 0 Å². The number of aryl methyl sites for hydroxylation is 1. The van der Waals surface area contributed by atoms with Gasteiger partial charge in [-0.1, -0.05) is 6.42 Å². The molecule has 0 aromatic carbocycles. The zero-order valence-corrected chi connectivity index (χ0v) is 9.28. The molecule has 1 unspecified atom stereocenters. The van der Waals surface area contributed by atoms with Gasteiger partial charge in [0, 0.05) is 37.7 Å². The van der Waals surface area contributed by atoms with Crippen molar-refractivity contribution in [2.24, 2.45) is 5.92 Å². The zero-order chi connectivity index (χ0) is 10.7. The number of hydrogen-bond acceptors (Lipinski definition) is 2. The fourth-order valence-corrected chi connectivity index (χ4v) is 2.31. The predicted octanol–water partition coefficient (Wildman–Crippen LogP) is 2.20. The third kappa shape index (κ3) is 2.28. The highest BCUT2D eigenvalue weighted by Crippen LogP contribution is 2.23. The highest BCUT2D eigenvalue weighted by Gasteiger charge is 2.23. The van der Waals surface area contributed by atoms with Crippen LogP contribution >= 0.6 is 0 Å². The van der Waals surface area contributed by atoms with Gasteiger partial charge in [-0.25, -0.2) is 4.98 Å². The first kappa shape index (κ1) is 10.4. The van der Waals surface area contributed by atoms with Crippen LogP contribution < -0.4 is 0 Å². The van der Waals surface area contributed by atoms with Crippen molar-refractivity contribution in [3.63, 3.8) is 0 Å². The molecule has 0 saturated heterocycles. The molecule has 3 nitrogen and oxygen atoms in total. The van der Waals surface area contributed by atoms with E-state index in [4.69, 9.17) is 0 Å². The van der Waals surface area contributed by atoms with E-state index >= 15 is 0 Å². The normalized spacial score (nSPS) is 21.9. The molecule has 1 atom stereocenters. The van der Waals surface area contributed by atoms with E-state index in [1.165, 1.54) is 6.42 Å². The van der Waals surface area contributed by atoms with Crippen molar-refractivity contribution in [2.75, 3.05) is 0 Å². The molecule has 0 amide bonds. The van der Waals surface area contributed by atoms with Crippen molar-refractivity contribution in [3.05, 3.63) is 18.2 Å². The van der Waals surface area contributed by atoms with Crippen molar-refractivity contribution < 1.29 is 4.79 Å². The first-order valence-electron chi connectivity index (χ1n) is 5.84. The van der Waals surface area contributed by atoms with Crippen LogP contribution in [-0.2, 0) is 17.8 Å². The lowest BCUT2D eigenvalue weighted by Crippen LogP contribution is -2.22. The monoisotopic (exact) mass is 206 g/mol. The average Bonchev–Trinajstić information content (AvgIpc) is 2.69. The lowest BCUT2D eigenvalue weighted by Gasteiger charge is -2.20. The number of ketones is 1. The van der Waals surface area contributed by atoms with Crippen LogP contribution in [0.1, 0.15) is 38.4 Å². The fourth-order valence-electron chi connectivity index (χ4n) is 2.31. The smallest absolute Gasteiger partial charge is 0.136 e. The van der Waals surface area contributed by atoms with E-state index in [1.807, 2.05) is 12.4 Å². The highest BCUT2D eigenvalue weighted by atomic mass is 16.1. The number of Topliss-reactive ketones (excluding diaryl/α,β-unsaturated/α-hetero) is 1. The Morgan fingerprint density at radius 1 is 1.53 bits per heavy atom. The van der Waals surface area contributed by atoms with E-state index < -0.39 is 0 Å². The standard InChI is InChI=1S/C12H18N2O/c1-2-14-8-7-13-12(14)9-10-5-3-4-6-11(10)15/h7-8,10H,2-6,9H2,1H3. The molecule has 0 spiro atoms. The van der Waals surface area contributed by atoms with Crippen LogP contribution in [0.3, 0.4) is 0 Å². The van der Waals surface area contributed by atoms with Gasteiger partial charge in [0.15, 0.2) is 0 Å². The van der Waals surface area contributed by atoms with Crippen molar-refractivity contribution in [3.8, 4) is 0 Å². The zero-order valence-electron chi connectivity index (χ0n) is 9.28. The summed E-state index contributed by atoms with van der Waals surface area (Å²) in [6, 6.07) is 0. The molecule has 1 aliphatic carbocycles. The molecule has 15 heavy (non-hydrogen) atoms. The van der Waals surface area contributed by atoms with Crippen LogP contribution in [0, 0.1) is 5.92 Å². The molecular formula is C12H18N2O. The Balaban J connectivity index is 2.04. The van der Waals surface area contributed by atoms with E-state index in [-0.39, 0.29) is 5.92 Å². The third-order valence-corrected chi connectivity index (χ3v) is 3.25. The maximum absolute atomic E-state index is 11.7. The van der Waals surface area contributed by atoms with Crippen molar-refractivity contribution in [1.82, 2.24) is 9.55 Å². The quantitative estimate of drug-likeness (QED) is 0.760. The van der Waals surface area contributed by atoms with E-state index in [2.05, 4.69) is 16.5 Å². The number of hydrogen-bond donors (Lipinski definition) is 0. The number of aromatic nitrogens is 2. The molecule has 1 aromatic heterocycles. The second kappa shape index (κ2) is 4.60. The summed E-state index contributed by atoms with van der Waals surface area (Å²) in [5, 5.41) is 0. The van der Waals surface area contributed by atoms with Crippen LogP contribution in [0.4, 0.5) is 0 Å². The molecule has 0 radical (unpaired) electrons. The van der Waals surface area contributed by atoms with Gasteiger partial charge in [-0.05, 0) is 19.8 Å². The summed E-state index contributed by atoms with van der Waals surface area (Å²) >= 11 is 0. The summed E-state index contributed by atoms with van der Waals surface area (Å²) in [5.41, 5.74) is 0. The molecule has 82 valence electrons. The maximum Gasteiger partial charge on any atom is 0.136 e. The Labute approximate surface area is 90.5 Å². The third-order valence-electron chi connectivity index (χ3n) is 3.25. The molecule has 1 aliphatic rings. The Bertz CT molecular complexity index is 343. The summed E-state index contributed by atoms with van der Waals surface area (Å²) in [7, 11) is 0. The first-order valence-corrected chi connectivity index (χ1v) is 5.84. The van der Waals surface area contributed by atoms with Gasteiger partial charge in [-0.3, -0.25) is 4.79 Å². The van der Waals surface area contributed by atoms with Gasteiger partial charge in [0.25, 0.3) is 0 Å². The summed E-state index contributed by atoms with van der Waals surface area (Å²) < 4.78 is 2.13. The lowest BCUT2D eigenvalue weighted by molar-refractivity contribution is -0.124. The van der Waals surface area contributed by atoms with E-state index in [9.17, 15) is 4.79 Å². The number of nitrogens with zero attached hydrogens (tertiary/aromatic N) is 2. The molecule has 0 aliphatic heterocycles. The summed E-state index contributed by atoms with van der Waals surface area (Å²) in [6.07, 6.45) is 8.75. The maximum atomic E-state index is 11.7. The number of carbonyl (C=O) groups is 1. The van der Waals surface area contributed by atoms with Gasteiger partial charge in [0.05, 0.1) is 0 Å². The molecule has 1 fully saturated rings. The van der Waals surface area contributed by atoms with Gasteiger partial charge in [0.1, 0.15) is 11.6 Å². The Morgan fingerprint density at radius 3 is 3.13 bits per heavy atom. The lowest BCUT2D eigenvalue weighted by atomic mass is 9.85. The van der Waals surface area contributed by atoms with Crippen LogP contribution in [0.5, 0.6) is 0 Å². The van der Waals surface area contributed by atoms with Gasteiger partial charge in [0.2, 0.25) is 0 Å². The predicted molar refractivity (Wildman–Crippen MR) is 58.6 cm³/mol. The van der Waals surface area contributed by atoms with E-state index in [1.54, 1.807) is 0 Å². The minimum absolute atomic E-state index is 0.228. The van der Waals surface area contributed by atoms with E-state index in [0.29, 0.717) is 5.78 Å². The molecule has 2 rings (SSSR count). The second-order valence-corrected chi connectivity index (χ2v) is 4.24. The van der Waals surface area contributed by atoms with Crippen molar-refractivity contribution in [2.45, 2.75) is 45.6 Å². The summed E-state index contributed by atoms with van der Waals surface area (Å²) in [5.74, 6) is 1.73. The molecule has 1 aromatic rings. The summed E-state index contributed by atoms with van der Waals surface area (Å²) in [6.45, 7) is 3.05. The minimum atomic E-state index is 0.228. The van der Waals surface area contributed by atoms with Gasteiger partial charge in [-0.2, -0.15) is 0 Å². The molecule has 0 bridgehead atoms. The average molecular weight is 206 g/mol. The topological polar surface area (TPSA) is 34.9 Å². The fraction of sp³-hybridized carbons (Fsp3) is 0.667. The summed E-state index contributed by atoms with van der Waals surface area (Å²) in [4.78, 5) is 16.0. The molecule has 3 heteroatoms. The molecule has 1 saturated carbocycles. The van der Waals surface area contributed by atoms with Crippen LogP contribution in [0.15, 0.2) is 12.4 Å². The van der Waals surface area contributed by atoms with E-state index in [0.717, 1.165) is 38.1 Å². The number of rotatable bonds is 3. The van der Waals surface area contributed by atoms with Crippen LogP contribution in [0.25, 0.3) is 0 Å². The van der Waals surface area contributed by atoms with Gasteiger partial charge in [-0.15, -0.1) is 0 Å². The number of carbonyl (C=O) groups excluding carboxylic acids is 1. The van der Waals surface area contributed by atoms with Crippen molar-refractivity contribution >= 4 is 5.78 Å². The van der Waals surface area contributed by atoms with Gasteiger partial charge >= 0.3 is 0 Å². The largest absolute Gasteiger partial charge is 0.335 e. The van der Waals surface area contributed by atoms with Crippen molar-refractivity contribution in [1.29, 1.82) is 0 Å². The SMILES string of the molecule is CCn1ccnc1CC1CCCCC1=O. The molecular weight excluding hydrogens is 188 g/mol. The second-order valence-electron chi connectivity index (χ2n) is 4.24. The Kier molecular flexibility index (Phi) is 3.19. The first-order chi connectivity index (χ1) is 7.31. The highest BCUT2D eigenvalue weighted by molar-refractivity contribution is 5.81. The molecule has 0 N–H and O–H groups in total. The Hall–Kier alpha value is -1.12. The Morgan fingerprint density at radius 2 is 2.40 bits per heavy atom.